The number of aromatic nitrogens is 2. The molecule has 2 aromatic rings. The van der Waals surface area contributed by atoms with E-state index in [-0.39, 0.29) is 23.9 Å². The molecule has 1 aromatic carbocycles. The van der Waals surface area contributed by atoms with Crippen LogP contribution in [0.3, 0.4) is 0 Å². The van der Waals surface area contributed by atoms with Crippen LogP contribution in [0.2, 0.25) is 0 Å². The monoisotopic (exact) mass is 356 g/mol. The number of hydrazine groups is 1. The van der Waals surface area contributed by atoms with E-state index in [9.17, 15) is 4.79 Å². The highest BCUT2D eigenvalue weighted by Crippen LogP contribution is 2.26. The number of rotatable bonds is 5. The smallest absolute Gasteiger partial charge is 0.243 e. The Bertz CT molecular complexity index is 759. The first-order chi connectivity index (χ1) is 12.8. The number of carbonyl (C=O) groups excluding carboxylic acids is 1. The van der Waals surface area contributed by atoms with Crippen LogP contribution in [0.4, 0.5) is 0 Å². The van der Waals surface area contributed by atoms with Crippen LogP contribution in [0.5, 0.6) is 5.75 Å². The van der Waals surface area contributed by atoms with Crippen LogP contribution in [0.15, 0.2) is 30.6 Å². The molecule has 4 rings (SSSR count). The zero-order chi connectivity index (χ0) is 17.9. The second-order valence-electron chi connectivity index (χ2n) is 6.68. The number of methoxy groups -OCH3 is 1. The van der Waals surface area contributed by atoms with Gasteiger partial charge in [0.1, 0.15) is 11.8 Å². The van der Waals surface area contributed by atoms with Crippen molar-refractivity contribution in [1.82, 2.24) is 31.5 Å². The molecule has 0 radical (unpaired) electrons. The van der Waals surface area contributed by atoms with Crippen molar-refractivity contribution in [2.45, 2.75) is 18.5 Å². The summed E-state index contributed by atoms with van der Waals surface area (Å²) in [5.74, 6) is 1.07. The third-order valence-electron chi connectivity index (χ3n) is 5.12. The minimum Gasteiger partial charge on any atom is -0.497 e. The molecule has 8 heteroatoms. The van der Waals surface area contributed by atoms with E-state index < -0.39 is 0 Å². The molecule has 0 bridgehead atoms. The summed E-state index contributed by atoms with van der Waals surface area (Å²) in [6.07, 6.45) is 2.53. The number of H-pyrrole nitrogens is 1. The Morgan fingerprint density at radius 3 is 3.00 bits per heavy atom. The summed E-state index contributed by atoms with van der Waals surface area (Å²) in [5, 5.41) is 6.34. The van der Waals surface area contributed by atoms with Gasteiger partial charge in [-0.25, -0.2) is 10.4 Å². The van der Waals surface area contributed by atoms with E-state index in [0.29, 0.717) is 6.54 Å². The Balaban J connectivity index is 1.38. The Labute approximate surface area is 152 Å². The Hall–Kier alpha value is -2.42. The summed E-state index contributed by atoms with van der Waals surface area (Å²) in [6.45, 7) is 2.16. The van der Waals surface area contributed by atoms with Crippen LogP contribution in [0.25, 0.3) is 0 Å². The number of nitrogens with zero attached hydrogens (tertiary/aromatic N) is 1. The summed E-state index contributed by atoms with van der Waals surface area (Å²) in [7, 11) is 1.66. The lowest BCUT2D eigenvalue weighted by molar-refractivity contribution is -0.123. The van der Waals surface area contributed by atoms with Crippen molar-refractivity contribution in [3.63, 3.8) is 0 Å². The highest BCUT2D eigenvalue weighted by atomic mass is 16.5. The van der Waals surface area contributed by atoms with E-state index in [1.807, 2.05) is 12.1 Å². The third-order valence-corrected chi connectivity index (χ3v) is 5.12. The zero-order valence-electron chi connectivity index (χ0n) is 14.7. The zero-order valence-corrected chi connectivity index (χ0v) is 14.7. The molecule has 3 atom stereocenters. The average Bonchev–Trinajstić information content (AvgIpc) is 3.35. The predicted octanol–water partition coefficient (Wildman–Crippen LogP) is 0.187. The molecule has 0 aliphatic carbocycles. The molecule has 2 aliphatic rings. The lowest BCUT2D eigenvalue weighted by Crippen LogP contribution is -2.43. The van der Waals surface area contributed by atoms with Gasteiger partial charge in [-0.2, -0.15) is 0 Å². The van der Waals surface area contributed by atoms with Crippen molar-refractivity contribution in [3.05, 3.63) is 47.5 Å². The number of imidazole rings is 1. The first-order valence-corrected chi connectivity index (χ1v) is 8.92. The topological polar surface area (TPSA) is 103 Å². The Kier molecular flexibility index (Phi) is 4.87. The minimum atomic E-state index is -0.383. The van der Waals surface area contributed by atoms with Crippen LogP contribution in [0.1, 0.15) is 29.0 Å². The van der Waals surface area contributed by atoms with Crippen molar-refractivity contribution in [2.24, 2.45) is 5.92 Å². The maximum atomic E-state index is 12.7. The minimum absolute atomic E-state index is 0.0292. The molecule has 3 heterocycles. The van der Waals surface area contributed by atoms with Gasteiger partial charge in [0.15, 0.2) is 0 Å². The number of benzene rings is 1. The van der Waals surface area contributed by atoms with E-state index in [0.717, 1.165) is 36.6 Å². The van der Waals surface area contributed by atoms with Crippen LogP contribution < -0.4 is 26.2 Å². The number of amides is 1. The molecular weight excluding hydrogens is 332 g/mol. The van der Waals surface area contributed by atoms with E-state index in [2.05, 4.69) is 43.6 Å². The summed E-state index contributed by atoms with van der Waals surface area (Å²) in [4.78, 5) is 20.1. The first kappa shape index (κ1) is 17.0. The largest absolute Gasteiger partial charge is 0.497 e. The van der Waals surface area contributed by atoms with E-state index in [1.165, 1.54) is 5.56 Å². The first-order valence-electron chi connectivity index (χ1n) is 8.92. The maximum Gasteiger partial charge on any atom is 0.243 e. The average molecular weight is 356 g/mol. The standard InChI is InChI=1S/C18H24N6O2/c1-26-13-4-2-11(3-5-13)15-12(9-23-24-15)8-20-18(25)17-16-14(6-7-19-17)21-10-22-16/h2-5,10,12,15,17,19,23-24H,6-9H2,1H3,(H,20,25)(H,21,22). The second-order valence-corrected chi connectivity index (χ2v) is 6.68. The number of aromatic amines is 1. The fourth-order valence-electron chi connectivity index (χ4n) is 3.66. The summed E-state index contributed by atoms with van der Waals surface area (Å²) in [5.41, 5.74) is 9.52. The van der Waals surface area contributed by atoms with Gasteiger partial charge < -0.3 is 20.4 Å². The van der Waals surface area contributed by atoms with Crippen molar-refractivity contribution in [2.75, 3.05) is 26.7 Å². The van der Waals surface area contributed by atoms with E-state index >= 15 is 0 Å². The van der Waals surface area contributed by atoms with Gasteiger partial charge in [0, 0.05) is 37.7 Å². The van der Waals surface area contributed by atoms with Crippen molar-refractivity contribution in [3.8, 4) is 5.75 Å². The van der Waals surface area contributed by atoms with Gasteiger partial charge in [0.05, 0.1) is 25.2 Å². The molecule has 0 spiro atoms. The Morgan fingerprint density at radius 2 is 2.19 bits per heavy atom. The number of fused-ring (bicyclic) bond motifs is 1. The van der Waals surface area contributed by atoms with Crippen molar-refractivity contribution in [1.29, 1.82) is 0 Å². The number of ether oxygens (including phenoxy) is 1. The third kappa shape index (κ3) is 3.31. The van der Waals surface area contributed by atoms with Gasteiger partial charge in [-0.1, -0.05) is 12.1 Å². The normalized spacial score (nSPS) is 24.9. The molecule has 8 nitrogen and oxygen atoms in total. The maximum absolute atomic E-state index is 12.7. The van der Waals surface area contributed by atoms with Gasteiger partial charge >= 0.3 is 0 Å². The van der Waals surface area contributed by atoms with Crippen LogP contribution in [-0.4, -0.2) is 42.6 Å². The molecule has 2 aliphatic heterocycles. The quantitative estimate of drug-likeness (QED) is 0.524. The van der Waals surface area contributed by atoms with Crippen molar-refractivity contribution >= 4 is 5.91 Å². The van der Waals surface area contributed by atoms with E-state index in [1.54, 1.807) is 13.4 Å². The highest BCUT2D eigenvalue weighted by molar-refractivity contribution is 5.83. The van der Waals surface area contributed by atoms with Gasteiger partial charge in [-0.3, -0.25) is 10.2 Å². The van der Waals surface area contributed by atoms with Gasteiger partial charge in [-0.15, -0.1) is 0 Å². The molecule has 3 unspecified atom stereocenters. The van der Waals surface area contributed by atoms with Gasteiger partial charge in [-0.05, 0) is 17.7 Å². The molecule has 1 fully saturated rings. The fraction of sp³-hybridized carbons (Fsp3) is 0.444. The predicted molar refractivity (Wildman–Crippen MR) is 96.4 cm³/mol. The highest BCUT2D eigenvalue weighted by Gasteiger charge is 2.32. The van der Waals surface area contributed by atoms with Crippen LogP contribution in [0, 0.1) is 5.92 Å². The number of carbonyl (C=O) groups is 1. The molecule has 138 valence electrons. The molecule has 1 aromatic heterocycles. The fourth-order valence-corrected chi connectivity index (χ4v) is 3.66. The molecule has 5 N–H and O–H groups in total. The summed E-state index contributed by atoms with van der Waals surface area (Å²) in [6, 6.07) is 7.77. The molecule has 1 saturated heterocycles. The molecule has 1 amide bonds. The molecular formula is C18H24N6O2. The lowest BCUT2D eigenvalue weighted by atomic mass is 9.94. The lowest BCUT2D eigenvalue weighted by Gasteiger charge is -2.24. The summed E-state index contributed by atoms with van der Waals surface area (Å²) >= 11 is 0. The van der Waals surface area contributed by atoms with E-state index in [4.69, 9.17) is 4.74 Å². The van der Waals surface area contributed by atoms with Gasteiger partial charge in [0.25, 0.3) is 0 Å². The number of nitrogens with one attached hydrogen (secondary N) is 5. The molecule has 0 saturated carbocycles. The number of hydrogen-bond acceptors (Lipinski definition) is 6. The van der Waals surface area contributed by atoms with Gasteiger partial charge in [0.2, 0.25) is 5.91 Å². The molecule has 26 heavy (non-hydrogen) atoms. The Morgan fingerprint density at radius 1 is 1.35 bits per heavy atom. The summed E-state index contributed by atoms with van der Waals surface area (Å²) < 4.78 is 5.22. The van der Waals surface area contributed by atoms with Crippen LogP contribution in [-0.2, 0) is 11.2 Å². The van der Waals surface area contributed by atoms with Crippen LogP contribution >= 0.6 is 0 Å². The van der Waals surface area contributed by atoms with Crippen molar-refractivity contribution < 1.29 is 9.53 Å². The second kappa shape index (κ2) is 7.45. The SMILES string of the molecule is COc1ccc(C2NNCC2CNC(=O)C2NCCc3[nH]cnc32)cc1. The number of hydrogen-bond donors (Lipinski definition) is 5.